The van der Waals surface area contributed by atoms with E-state index in [0.717, 1.165) is 12.8 Å². The molecule has 2 heterocycles. The van der Waals surface area contributed by atoms with Crippen molar-refractivity contribution in [2.75, 3.05) is 18.9 Å². The first kappa shape index (κ1) is 21.6. The Labute approximate surface area is 178 Å². The van der Waals surface area contributed by atoms with Crippen LogP contribution in [0.1, 0.15) is 29.8 Å². The van der Waals surface area contributed by atoms with Crippen LogP contribution in [0.25, 0.3) is 0 Å². The topological polar surface area (TPSA) is 109 Å². The minimum Gasteiger partial charge on any atom is -0.438 e. The van der Waals surface area contributed by atoms with Crippen molar-refractivity contribution in [2.45, 2.75) is 30.4 Å². The number of piperidine rings is 1. The summed E-state index contributed by atoms with van der Waals surface area (Å²) >= 11 is 12.1. The monoisotopic (exact) mass is 459 g/mol. The number of furan rings is 1. The highest BCUT2D eigenvalue weighted by atomic mass is 35.5. The lowest BCUT2D eigenvalue weighted by atomic mass is 10.0. The van der Waals surface area contributed by atoms with Crippen molar-refractivity contribution >= 4 is 50.7 Å². The number of sulfonamides is 1. The second-order valence-electron chi connectivity index (χ2n) is 6.45. The van der Waals surface area contributed by atoms with Crippen LogP contribution in [0.5, 0.6) is 0 Å². The Balaban J connectivity index is 1.81. The minimum atomic E-state index is -3.81. The highest BCUT2D eigenvalue weighted by Gasteiger charge is 2.34. The predicted octanol–water partition coefficient (Wildman–Crippen LogP) is 3.13. The van der Waals surface area contributed by atoms with Gasteiger partial charge in [-0.15, -0.1) is 0 Å². The van der Waals surface area contributed by atoms with Crippen LogP contribution in [0, 0.1) is 0 Å². The van der Waals surface area contributed by atoms with E-state index < -0.39 is 27.9 Å². The first-order chi connectivity index (χ1) is 13.7. The van der Waals surface area contributed by atoms with Gasteiger partial charge in [0.05, 0.1) is 10.7 Å². The summed E-state index contributed by atoms with van der Waals surface area (Å²) in [6.07, 6.45) is 1.94. The van der Waals surface area contributed by atoms with Crippen molar-refractivity contribution in [1.29, 1.82) is 0 Å². The molecule has 0 radical (unpaired) electrons. The number of rotatable bonds is 5. The van der Waals surface area contributed by atoms with Crippen LogP contribution in [0.3, 0.4) is 0 Å². The van der Waals surface area contributed by atoms with Gasteiger partial charge in [-0.25, -0.2) is 13.1 Å². The molecule has 8 nitrogen and oxygen atoms in total. The summed E-state index contributed by atoms with van der Waals surface area (Å²) in [4.78, 5) is 27.1. The van der Waals surface area contributed by atoms with Crippen LogP contribution in [0.2, 0.25) is 10.0 Å². The first-order valence-electron chi connectivity index (χ1n) is 8.83. The van der Waals surface area contributed by atoms with Gasteiger partial charge < -0.3 is 14.6 Å². The lowest BCUT2D eigenvalue weighted by Crippen LogP contribution is -2.50. The van der Waals surface area contributed by atoms with Crippen molar-refractivity contribution in [2.24, 2.45) is 0 Å². The van der Waals surface area contributed by atoms with Crippen LogP contribution >= 0.6 is 23.2 Å². The quantitative estimate of drug-likeness (QED) is 0.713. The average molecular weight is 460 g/mol. The standard InChI is InChI=1S/C18H19Cl2N3O5S/c1-21-29(26,27)16-8-7-15(28-16)18(25)23-9-3-2-4-14(23)17(24)22-13-10-11(19)5-6-12(13)20/h5-8,10,14,21H,2-4,9H2,1H3,(H,22,24)/t14-/m0/s1. The van der Waals surface area contributed by atoms with Gasteiger partial charge in [0.2, 0.25) is 11.0 Å². The normalized spacial score (nSPS) is 17.2. The molecule has 1 aliphatic heterocycles. The molecule has 2 amide bonds. The highest BCUT2D eigenvalue weighted by Crippen LogP contribution is 2.28. The molecule has 2 N–H and O–H groups in total. The molecule has 1 atom stereocenters. The van der Waals surface area contributed by atoms with Gasteiger partial charge in [-0.3, -0.25) is 9.59 Å². The van der Waals surface area contributed by atoms with E-state index >= 15 is 0 Å². The zero-order valence-electron chi connectivity index (χ0n) is 15.4. The van der Waals surface area contributed by atoms with E-state index in [2.05, 4.69) is 10.0 Å². The first-order valence-corrected chi connectivity index (χ1v) is 11.1. The molecule has 2 aromatic rings. The Bertz CT molecular complexity index is 1040. The van der Waals surface area contributed by atoms with E-state index in [1.807, 2.05) is 0 Å². The average Bonchev–Trinajstić information content (AvgIpc) is 3.21. The Hall–Kier alpha value is -2.07. The summed E-state index contributed by atoms with van der Waals surface area (Å²) in [7, 11) is -2.57. The summed E-state index contributed by atoms with van der Waals surface area (Å²) in [5.74, 6) is -1.12. The zero-order valence-corrected chi connectivity index (χ0v) is 17.8. The number of nitrogens with one attached hydrogen (secondary N) is 2. The van der Waals surface area contributed by atoms with Crippen LogP contribution in [0.15, 0.2) is 39.8 Å². The number of carbonyl (C=O) groups is 2. The molecule has 3 rings (SSSR count). The summed E-state index contributed by atoms with van der Waals surface area (Å²) < 4.78 is 31.0. The number of amides is 2. The van der Waals surface area contributed by atoms with Gasteiger partial charge in [0.1, 0.15) is 6.04 Å². The van der Waals surface area contributed by atoms with Crippen molar-refractivity contribution in [3.05, 3.63) is 46.1 Å². The number of nitrogens with zero attached hydrogens (tertiary/aromatic N) is 1. The van der Waals surface area contributed by atoms with Crippen molar-refractivity contribution in [3.63, 3.8) is 0 Å². The van der Waals surface area contributed by atoms with E-state index in [4.69, 9.17) is 27.6 Å². The third-order valence-corrected chi connectivity index (χ3v) is 6.43. The molecule has 29 heavy (non-hydrogen) atoms. The van der Waals surface area contributed by atoms with E-state index in [9.17, 15) is 18.0 Å². The second kappa shape index (κ2) is 8.74. The van der Waals surface area contributed by atoms with Gasteiger partial charge in [0.15, 0.2) is 5.76 Å². The Kier molecular flexibility index (Phi) is 6.52. The van der Waals surface area contributed by atoms with Gasteiger partial charge in [0, 0.05) is 11.6 Å². The number of benzene rings is 1. The second-order valence-corrected chi connectivity index (χ2v) is 9.11. The summed E-state index contributed by atoms with van der Waals surface area (Å²) in [5.41, 5.74) is 0.350. The molecule has 0 aliphatic carbocycles. The maximum Gasteiger partial charge on any atom is 0.290 e. The smallest absolute Gasteiger partial charge is 0.290 e. The zero-order chi connectivity index (χ0) is 21.2. The summed E-state index contributed by atoms with van der Waals surface area (Å²) in [6, 6.07) is 6.42. The van der Waals surface area contributed by atoms with E-state index in [0.29, 0.717) is 28.7 Å². The molecule has 0 saturated carbocycles. The maximum absolute atomic E-state index is 12.9. The van der Waals surface area contributed by atoms with Crippen LogP contribution in [-0.4, -0.2) is 44.8 Å². The van der Waals surface area contributed by atoms with E-state index in [1.54, 1.807) is 12.1 Å². The van der Waals surface area contributed by atoms with Gasteiger partial charge in [0.25, 0.3) is 15.9 Å². The van der Waals surface area contributed by atoms with Crippen molar-refractivity contribution in [3.8, 4) is 0 Å². The molecule has 1 aliphatic rings. The van der Waals surface area contributed by atoms with Gasteiger partial charge in [-0.2, -0.15) is 0 Å². The van der Waals surface area contributed by atoms with Crippen LogP contribution in [0.4, 0.5) is 5.69 Å². The lowest BCUT2D eigenvalue weighted by molar-refractivity contribution is -0.121. The summed E-state index contributed by atoms with van der Waals surface area (Å²) in [5, 5.41) is 3.08. The SMILES string of the molecule is CNS(=O)(=O)c1ccc(C(=O)N2CCCC[C@H]2C(=O)Nc2cc(Cl)ccc2Cl)o1. The molecule has 0 bridgehead atoms. The number of likely N-dealkylation sites (tertiary alicyclic amines) is 1. The largest absolute Gasteiger partial charge is 0.438 e. The molecule has 1 aromatic heterocycles. The fourth-order valence-corrected chi connectivity index (χ4v) is 4.06. The Morgan fingerprint density at radius 3 is 2.66 bits per heavy atom. The van der Waals surface area contributed by atoms with Gasteiger partial charge >= 0.3 is 0 Å². The van der Waals surface area contributed by atoms with Crippen LogP contribution in [-0.2, 0) is 14.8 Å². The third kappa shape index (κ3) is 4.75. The van der Waals surface area contributed by atoms with E-state index in [1.165, 1.54) is 30.1 Å². The molecular formula is C18H19Cl2N3O5S. The highest BCUT2D eigenvalue weighted by molar-refractivity contribution is 7.89. The third-order valence-electron chi connectivity index (χ3n) is 4.58. The van der Waals surface area contributed by atoms with E-state index in [-0.39, 0.29) is 10.9 Å². The Morgan fingerprint density at radius 1 is 1.17 bits per heavy atom. The van der Waals surface area contributed by atoms with Crippen molar-refractivity contribution < 1.29 is 22.4 Å². The molecular weight excluding hydrogens is 441 g/mol. The molecule has 1 aromatic carbocycles. The van der Waals surface area contributed by atoms with Crippen LogP contribution < -0.4 is 10.0 Å². The lowest BCUT2D eigenvalue weighted by Gasteiger charge is -2.34. The fraction of sp³-hybridized carbons (Fsp3) is 0.333. The molecule has 1 fully saturated rings. The number of carbonyl (C=O) groups excluding carboxylic acids is 2. The molecule has 156 valence electrons. The Morgan fingerprint density at radius 2 is 1.93 bits per heavy atom. The number of anilines is 1. The number of hydrogen-bond donors (Lipinski definition) is 2. The van der Waals surface area contributed by atoms with Crippen molar-refractivity contribution in [1.82, 2.24) is 9.62 Å². The molecule has 1 saturated heterocycles. The van der Waals surface area contributed by atoms with Gasteiger partial charge in [-0.05, 0) is 56.6 Å². The molecule has 0 unspecified atom stereocenters. The molecule has 0 spiro atoms. The number of hydrogen-bond acceptors (Lipinski definition) is 5. The predicted molar refractivity (Wildman–Crippen MR) is 109 cm³/mol. The summed E-state index contributed by atoms with van der Waals surface area (Å²) in [6.45, 7) is 0.342. The minimum absolute atomic E-state index is 0.153. The number of halogens is 2. The fourth-order valence-electron chi connectivity index (χ4n) is 3.08. The molecule has 11 heteroatoms. The maximum atomic E-state index is 12.9. The van der Waals surface area contributed by atoms with Gasteiger partial charge in [-0.1, -0.05) is 23.2 Å².